The highest BCUT2D eigenvalue weighted by atomic mass is 19.3. The predicted molar refractivity (Wildman–Crippen MR) is 130 cm³/mol. The molecule has 3 aliphatic rings. The highest BCUT2D eigenvalue weighted by Crippen LogP contribution is 2.31. The normalized spacial score (nSPS) is 22.5. The van der Waals surface area contributed by atoms with E-state index in [0.717, 1.165) is 56.3 Å². The second kappa shape index (κ2) is 12.4. The number of carbonyl (C=O) groups excluding carboxylic acids is 2. The lowest BCUT2D eigenvalue weighted by Crippen LogP contribution is -2.49. The van der Waals surface area contributed by atoms with Crippen LogP contribution >= 0.6 is 0 Å². The largest absolute Gasteiger partial charge is 0.444 e. The van der Waals surface area contributed by atoms with Crippen molar-refractivity contribution in [3.05, 3.63) is 23.8 Å². The van der Waals surface area contributed by atoms with Gasteiger partial charge >= 0.3 is 6.09 Å². The summed E-state index contributed by atoms with van der Waals surface area (Å²) in [6, 6.07) is 2.16. The summed E-state index contributed by atoms with van der Waals surface area (Å²) in [6.07, 6.45) is -5.26. The molecule has 3 saturated heterocycles. The van der Waals surface area contributed by atoms with Crippen LogP contribution in [0.25, 0.3) is 0 Å². The molecule has 1 N–H and O–H groups in total. The third-order valence-corrected chi connectivity index (χ3v) is 7.10. The number of amides is 1. The van der Waals surface area contributed by atoms with Crippen molar-refractivity contribution in [3.63, 3.8) is 0 Å². The molecule has 0 radical (unpaired) electrons. The van der Waals surface area contributed by atoms with Crippen LogP contribution in [0.15, 0.2) is 12.1 Å². The van der Waals surface area contributed by atoms with E-state index in [0.29, 0.717) is 26.2 Å². The number of alkyl halides is 2. The molecule has 1 aromatic carbocycles. The van der Waals surface area contributed by atoms with E-state index in [9.17, 15) is 18.4 Å². The quantitative estimate of drug-likeness (QED) is 0.485. The van der Waals surface area contributed by atoms with Crippen molar-refractivity contribution in [2.75, 3.05) is 88.8 Å². The first-order valence-electron chi connectivity index (χ1n) is 12.6. The number of likely N-dealkylation sites (N-methyl/N-ethyl adjacent to an activating group) is 1. The van der Waals surface area contributed by atoms with Crippen LogP contribution < -0.4 is 15.2 Å². The van der Waals surface area contributed by atoms with E-state index < -0.39 is 42.5 Å². The molecule has 0 unspecified atom stereocenters. The van der Waals surface area contributed by atoms with Gasteiger partial charge in [0.25, 0.3) is 6.43 Å². The topological polar surface area (TPSA) is 71.6 Å². The molecule has 0 saturated carbocycles. The molecule has 1 atom stereocenters. The smallest absolute Gasteiger partial charge is 0.414 e. The Bertz CT molecular complexity index is 939. The molecule has 4 rings (SSSR count). The molecule has 3 heterocycles. The van der Waals surface area contributed by atoms with Crippen molar-refractivity contribution in [1.82, 2.24) is 20.2 Å². The third kappa shape index (κ3) is 7.09. The van der Waals surface area contributed by atoms with Gasteiger partial charge in [-0.1, -0.05) is 0 Å². The Hall–Kier alpha value is -2.48. The molecule has 206 valence electrons. The van der Waals surface area contributed by atoms with Gasteiger partial charge in [0.05, 0.1) is 12.2 Å². The van der Waals surface area contributed by atoms with Crippen LogP contribution in [0.3, 0.4) is 0 Å². The summed E-state index contributed by atoms with van der Waals surface area (Å²) in [7, 11) is 2.11. The highest BCUT2D eigenvalue weighted by Gasteiger charge is 2.34. The van der Waals surface area contributed by atoms with Crippen molar-refractivity contribution in [2.24, 2.45) is 0 Å². The number of nitrogens with zero attached hydrogens (tertiary/aromatic N) is 5. The second-order valence-electron chi connectivity index (χ2n) is 9.71. The maximum absolute atomic E-state index is 15.1. The maximum atomic E-state index is 15.1. The van der Waals surface area contributed by atoms with E-state index in [1.165, 1.54) is 0 Å². The van der Waals surface area contributed by atoms with Gasteiger partial charge in [-0.3, -0.25) is 20.0 Å². The van der Waals surface area contributed by atoms with E-state index in [2.05, 4.69) is 27.3 Å². The fourth-order valence-electron chi connectivity index (χ4n) is 4.83. The third-order valence-electron chi connectivity index (χ3n) is 7.10. The fraction of sp³-hybridized carbons (Fsp3) is 0.667. The van der Waals surface area contributed by atoms with Crippen molar-refractivity contribution < 1.29 is 31.9 Å². The Morgan fingerprint density at radius 2 is 1.76 bits per heavy atom. The number of hydrazine groups is 1. The summed E-state index contributed by atoms with van der Waals surface area (Å²) < 4.78 is 60.2. The summed E-state index contributed by atoms with van der Waals surface area (Å²) in [5.74, 6) is -2.84. The molecule has 9 nitrogen and oxygen atoms in total. The molecule has 0 aromatic heterocycles. The minimum absolute atomic E-state index is 0.0202. The van der Waals surface area contributed by atoms with Crippen LogP contribution in [-0.4, -0.2) is 118 Å². The summed E-state index contributed by atoms with van der Waals surface area (Å²) >= 11 is 0. The molecular weight excluding hydrogens is 496 g/mol. The molecule has 13 heteroatoms. The van der Waals surface area contributed by atoms with Crippen LogP contribution in [0.1, 0.15) is 12.8 Å². The standard InChI is InChI=1S/C24H34F4N6O3/c1-30-6-8-31(9-7-30)10-12-33-13-11-32(5-4-29-33)22-19(25)14-17(15-20(22)26)34-16-18(37-24(34)36)2-3-21(35)23(27)28/h14-15,18,23,29H,2-13,16H2,1H3/t18-/m0/s1. The molecule has 0 spiro atoms. The van der Waals surface area contributed by atoms with Gasteiger partial charge in [0, 0.05) is 84.0 Å². The van der Waals surface area contributed by atoms with Crippen LogP contribution in [-0.2, 0) is 9.53 Å². The highest BCUT2D eigenvalue weighted by molar-refractivity contribution is 5.90. The number of hydrogen-bond donors (Lipinski definition) is 1. The van der Waals surface area contributed by atoms with Crippen molar-refractivity contribution in [1.29, 1.82) is 0 Å². The molecule has 3 fully saturated rings. The number of anilines is 2. The SMILES string of the molecule is CN1CCN(CCN2CCN(c3c(F)cc(N4C[C@H](CCC(=O)C(F)F)OC4=O)cc3F)CCN2)CC1. The van der Waals surface area contributed by atoms with Crippen molar-refractivity contribution >= 4 is 23.3 Å². The number of piperazine rings is 1. The van der Waals surface area contributed by atoms with E-state index in [-0.39, 0.29) is 24.3 Å². The van der Waals surface area contributed by atoms with E-state index >= 15 is 8.78 Å². The van der Waals surface area contributed by atoms with Gasteiger partial charge in [-0.25, -0.2) is 27.4 Å². The summed E-state index contributed by atoms with van der Waals surface area (Å²) in [4.78, 5) is 30.8. The monoisotopic (exact) mass is 530 g/mol. The molecule has 1 aromatic rings. The fourth-order valence-corrected chi connectivity index (χ4v) is 4.83. The first-order valence-corrected chi connectivity index (χ1v) is 12.6. The van der Waals surface area contributed by atoms with Gasteiger partial charge in [0.2, 0.25) is 0 Å². The molecule has 3 aliphatic heterocycles. The Morgan fingerprint density at radius 1 is 1.05 bits per heavy atom. The summed E-state index contributed by atoms with van der Waals surface area (Å²) in [6.45, 7) is 7.74. The lowest BCUT2D eigenvalue weighted by Gasteiger charge is -2.33. The number of Topliss-reactive ketones (excluding diaryl/α,β-unsaturated/α-hetero) is 1. The zero-order valence-electron chi connectivity index (χ0n) is 21.0. The molecule has 1 amide bonds. The summed E-state index contributed by atoms with van der Waals surface area (Å²) in [5, 5.41) is 2.08. The number of halogens is 4. The molecule has 0 bridgehead atoms. The maximum Gasteiger partial charge on any atom is 0.414 e. The van der Waals surface area contributed by atoms with Gasteiger partial charge in [0.15, 0.2) is 17.4 Å². The van der Waals surface area contributed by atoms with Crippen LogP contribution in [0, 0.1) is 11.6 Å². The van der Waals surface area contributed by atoms with E-state index in [1.54, 1.807) is 4.90 Å². The number of rotatable bonds is 9. The Balaban J connectivity index is 1.33. The number of benzene rings is 1. The van der Waals surface area contributed by atoms with Gasteiger partial charge in [-0.05, 0) is 13.5 Å². The first-order chi connectivity index (χ1) is 17.7. The zero-order chi connectivity index (χ0) is 26.5. The number of ether oxygens (including phenoxy) is 1. The number of hydrogen-bond acceptors (Lipinski definition) is 8. The lowest BCUT2D eigenvalue weighted by molar-refractivity contribution is -0.129. The van der Waals surface area contributed by atoms with Gasteiger partial charge < -0.3 is 14.5 Å². The average Bonchev–Trinajstić information content (AvgIpc) is 3.08. The Morgan fingerprint density at radius 3 is 2.43 bits per heavy atom. The Labute approximate surface area is 213 Å². The number of cyclic esters (lactones) is 1. The first kappa shape index (κ1) is 27.6. The van der Waals surface area contributed by atoms with Crippen LogP contribution in [0.2, 0.25) is 0 Å². The minimum atomic E-state index is -3.08. The van der Waals surface area contributed by atoms with Crippen LogP contribution in [0.4, 0.5) is 33.7 Å². The van der Waals surface area contributed by atoms with Crippen LogP contribution in [0.5, 0.6) is 0 Å². The number of nitrogens with one attached hydrogen (secondary N) is 1. The molecular formula is C24H34F4N6O3. The molecule has 0 aliphatic carbocycles. The van der Waals surface area contributed by atoms with Gasteiger partial charge in [-0.15, -0.1) is 0 Å². The van der Waals surface area contributed by atoms with Crippen molar-refractivity contribution in [3.8, 4) is 0 Å². The molecule has 37 heavy (non-hydrogen) atoms. The summed E-state index contributed by atoms with van der Waals surface area (Å²) in [5.41, 5.74) is 3.16. The van der Waals surface area contributed by atoms with E-state index in [1.807, 2.05) is 0 Å². The van der Waals surface area contributed by atoms with Crippen molar-refractivity contribution in [2.45, 2.75) is 25.4 Å². The van der Waals surface area contributed by atoms with E-state index in [4.69, 9.17) is 4.74 Å². The van der Waals surface area contributed by atoms with Gasteiger partial charge in [0.1, 0.15) is 11.8 Å². The minimum Gasteiger partial charge on any atom is -0.444 e. The zero-order valence-corrected chi connectivity index (χ0v) is 21.0. The van der Waals surface area contributed by atoms with Gasteiger partial charge in [-0.2, -0.15) is 0 Å². The average molecular weight is 531 g/mol. The number of ketones is 1. The Kier molecular flexibility index (Phi) is 9.22. The number of carbonyl (C=O) groups is 2. The lowest BCUT2D eigenvalue weighted by atomic mass is 10.1. The second-order valence-corrected chi connectivity index (χ2v) is 9.71. The predicted octanol–water partition coefficient (Wildman–Crippen LogP) is 1.78.